The van der Waals surface area contributed by atoms with E-state index >= 15 is 0 Å². The number of carbonyl (C=O) groups excluding carboxylic acids is 2. The van der Waals surface area contributed by atoms with Crippen molar-refractivity contribution in [2.75, 3.05) is 20.1 Å². The lowest BCUT2D eigenvalue weighted by Gasteiger charge is -2.22. The van der Waals surface area contributed by atoms with Crippen LogP contribution in [-0.4, -0.2) is 43.0 Å². The van der Waals surface area contributed by atoms with Crippen LogP contribution < -0.4 is 10.6 Å². The van der Waals surface area contributed by atoms with Gasteiger partial charge >= 0.3 is 6.03 Å². The topological polar surface area (TPSA) is 61.4 Å². The van der Waals surface area contributed by atoms with E-state index in [9.17, 15) is 9.59 Å². The smallest absolute Gasteiger partial charge is 0.317 e. The van der Waals surface area contributed by atoms with E-state index in [1.54, 1.807) is 11.9 Å². The molecule has 0 aromatic rings. The number of allylic oxidation sites excluding steroid dienone is 1. The minimum absolute atomic E-state index is 0.00688. The van der Waals surface area contributed by atoms with Crippen LogP contribution >= 0.6 is 0 Å². The predicted molar refractivity (Wildman–Crippen MR) is 91.7 cm³/mol. The van der Waals surface area contributed by atoms with Gasteiger partial charge in [-0.3, -0.25) is 4.79 Å². The molecule has 0 saturated carbocycles. The summed E-state index contributed by atoms with van der Waals surface area (Å²) in [7, 11) is 1.77. The van der Waals surface area contributed by atoms with Crippen LogP contribution in [0.25, 0.3) is 0 Å². The molecule has 1 atom stereocenters. The molecule has 5 heteroatoms. The van der Waals surface area contributed by atoms with Crippen molar-refractivity contribution in [3.8, 4) is 0 Å². The first-order valence-corrected chi connectivity index (χ1v) is 7.85. The van der Waals surface area contributed by atoms with E-state index in [2.05, 4.69) is 17.2 Å². The molecule has 0 saturated heterocycles. The third-order valence-electron chi connectivity index (χ3n) is 3.64. The highest BCUT2D eigenvalue weighted by Crippen LogP contribution is 2.06. The second kappa shape index (κ2) is 10.9. The van der Waals surface area contributed by atoms with Crippen molar-refractivity contribution in [3.63, 3.8) is 0 Å². The third kappa shape index (κ3) is 8.49. The molecule has 0 bridgehead atoms. The van der Waals surface area contributed by atoms with Gasteiger partial charge in [-0.2, -0.15) is 0 Å². The van der Waals surface area contributed by atoms with Crippen molar-refractivity contribution in [3.05, 3.63) is 24.3 Å². The van der Waals surface area contributed by atoms with Gasteiger partial charge in [-0.15, -0.1) is 6.58 Å². The molecule has 1 unspecified atom stereocenters. The van der Waals surface area contributed by atoms with Crippen LogP contribution in [0.5, 0.6) is 0 Å². The maximum absolute atomic E-state index is 11.8. The van der Waals surface area contributed by atoms with Crippen LogP contribution in [-0.2, 0) is 4.79 Å². The van der Waals surface area contributed by atoms with Gasteiger partial charge in [0.05, 0.1) is 0 Å². The van der Waals surface area contributed by atoms with E-state index in [1.807, 2.05) is 39.8 Å². The summed E-state index contributed by atoms with van der Waals surface area (Å²) in [4.78, 5) is 25.3. The van der Waals surface area contributed by atoms with Crippen LogP contribution in [0.4, 0.5) is 4.79 Å². The Hall–Kier alpha value is -1.78. The van der Waals surface area contributed by atoms with Gasteiger partial charge in [0.1, 0.15) is 0 Å². The molecular formula is C17H31N3O2. The van der Waals surface area contributed by atoms with Gasteiger partial charge < -0.3 is 15.5 Å². The second-order valence-electron chi connectivity index (χ2n) is 5.83. The number of nitrogens with zero attached hydrogens (tertiary/aromatic N) is 1. The number of carbonyl (C=O) groups is 2. The second-order valence-corrected chi connectivity index (χ2v) is 5.83. The Balaban J connectivity index is 4.10. The molecule has 0 fully saturated rings. The largest absolute Gasteiger partial charge is 0.355 e. The van der Waals surface area contributed by atoms with Gasteiger partial charge in [0.25, 0.3) is 0 Å². The normalized spacial score (nSPS) is 12.7. The molecule has 0 heterocycles. The van der Waals surface area contributed by atoms with Crippen molar-refractivity contribution < 1.29 is 9.59 Å². The summed E-state index contributed by atoms with van der Waals surface area (Å²) in [6, 6.07) is 0.0773. The Labute approximate surface area is 134 Å². The maximum atomic E-state index is 11.8. The molecule has 0 aromatic heterocycles. The summed E-state index contributed by atoms with van der Waals surface area (Å²) in [6.45, 7) is 12.7. The lowest BCUT2D eigenvalue weighted by Crippen LogP contribution is -2.41. The maximum Gasteiger partial charge on any atom is 0.317 e. The number of hydrogen-bond acceptors (Lipinski definition) is 2. The number of amides is 3. The van der Waals surface area contributed by atoms with E-state index in [0.29, 0.717) is 25.9 Å². The number of urea groups is 1. The molecule has 5 nitrogen and oxygen atoms in total. The van der Waals surface area contributed by atoms with Crippen molar-refractivity contribution >= 4 is 11.9 Å². The van der Waals surface area contributed by atoms with Gasteiger partial charge in [0, 0.05) is 32.6 Å². The first-order valence-electron chi connectivity index (χ1n) is 7.85. The minimum atomic E-state index is -0.0882. The van der Waals surface area contributed by atoms with Gasteiger partial charge in [0.2, 0.25) is 5.91 Å². The summed E-state index contributed by atoms with van der Waals surface area (Å²) >= 11 is 0. The van der Waals surface area contributed by atoms with Crippen molar-refractivity contribution in [1.29, 1.82) is 0 Å². The van der Waals surface area contributed by atoms with Gasteiger partial charge in [-0.1, -0.05) is 24.6 Å². The van der Waals surface area contributed by atoms with Crippen molar-refractivity contribution in [2.24, 2.45) is 5.92 Å². The molecule has 2 N–H and O–H groups in total. The van der Waals surface area contributed by atoms with Crippen LogP contribution in [0.2, 0.25) is 0 Å². The number of rotatable bonds is 9. The van der Waals surface area contributed by atoms with Crippen molar-refractivity contribution in [2.45, 2.75) is 46.6 Å². The third-order valence-corrected chi connectivity index (χ3v) is 3.64. The molecule has 0 aliphatic rings. The SMILES string of the molecule is C=CC(C)CNC(=O)CC(=CC)CCNC(=O)N(C)C(C)C. The van der Waals surface area contributed by atoms with E-state index in [4.69, 9.17) is 0 Å². The highest BCUT2D eigenvalue weighted by molar-refractivity contribution is 5.78. The van der Waals surface area contributed by atoms with Gasteiger partial charge in [-0.05, 0) is 33.1 Å². The fraction of sp³-hybridized carbons (Fsp3) is 0.647. The standard InChI is InChI=1S/C17H31N3O2/c1-7-14(5)12-19-16(21)11-15(8-2)9-10-18-17(22)20(6)13(3)4/h7-8,13-14H,1,9-12H2,2-6H3,(H,18,22)(H,19,21). The molecule has 0 aromatic carbocycles. The van der Waals surface area contributed by atoms with Gasteiger partial charge in [-0.25, -0.2) is 4.79 Å². The van der Waals surface area contributed by atoms with Crippen LogP contribution in [0.1, 0.15) is 40.5 Å². The molecule has 0 rings (SSSR count). The Kier molecular flexibility index (Phi) is 10.00. The lowest BCUT2D eigenvalue weighted by molar-refractivity contribution is -0.120. The fourth-order valence-electron chi connectivity index (χ4n) is 1.65. The van der Waals surface area contributed by atoms with Crippen molar-refractivity contribution in [1.82, 2.24) is 15.5 Å². The lowest BCUT2D eigenvalue weighted by atomic mass is 10.1. The summed E-state index contributed by atoms with van der Waals surface area (Å²) < 4.78 is 0. The average Bonchev–Trinajstić information content (AvgIpc) is 2.50. The molecule has 0 spiro atoms. The van der Waals surface area contributed by atoms with E-state index in [0.717, 1.165) is 5.57 Å². The van der Waals surface area contributed by atoms with E-state index in [1.165, 1.54) is 0 Å². The first-order chi connectivity index (χ1) is 10.3. The summed E-state index contributed by atoms with van der Waals surface area (Å²) in [5.74, 6) is 0.274. The zero-order valence-corrected chi connectivity index (χ0v) is 14.6. The highest BCUT2D eigenvalue weighted by atomic mass is 16.2. The molecule has 126 valence electrons. The molecular weight excluding hydrogens is 278 g/mol. The van der Waals surface area contributed by atoms with E-state index < -0.39 is 0 Å². The minimum Gasteiger partial charge on any atom is -0.355 e. The Morgan fingerprint density at radius 3 is 2.36 bits per heavy atom. The predicted octanol–water partition coefficient (Wildman–Crippen LogP) is 2.70. The van der Waals surface area contributed by atoms with Crippen LogP contribution in [0, 0.1) is 5.92 Å². The zero-order chi connectivity index (χ0) is 17.1. The van der Waals surface area contributed by atoms with E-state index in [-0.39, 0.29) is 23.9 Å². The number of nitrogens with one attached hydrogen (secondary N) is 2. The van der Waals surface area contributed by atoms with Crippen LogP contribution in [0.3, 0.4) is 0 Å². The first kappa shape index (κ1) is 20.2. The summed E-state index contributed by atoms with van der Waals surface area (Å²) in [5.41, 5.74) is 1.02. The molecule has 3 amide bonds. The zero-order valence-electron chi connectivity index (χ0n) is 14.6. The average molecular weight is 309 g/mol. The molecule has 0 radical (unpaired) electrons. The summed E-state index contributed by atoms with van der Waals surface area (Å²) in [5, 5.41) is 5.75. The summed E-state index contributed by atoms with van der Waals surface area (Å²) in [6.07, 6.45) is 4.81. The Bertz CT molecular complexity index is 403. The quantitative estimate of drug-likeness (QED) is 0.643. The highest BCUT2D eigenvalue weighted by Gasteiger charge is 2.11. The van der Waals surface area contributed by atoms with Gasteiger partial charge in [0.15, 0.2) is 0 Å². The Morgan fingerprint density at radius 1 is 1.23 bits per heavy atom. The van der Waals surface area contributed by atoms with Crippen LogP contribution in [0.15, 0.2) is 24.3 Å². The Morgan fingerprint density at radius 2 is 1.86 bits per heavy atom. The molecule has 0 aliphatic heterocycles. The number of hydrogen-bond donors (Lipinski definition) is 2. The monoisotopic (exact) mass is 309 g/mol. The fourth-order valence-corrected chi connectivity index (χ4v) is 1.65. The molecule has 22 heavy (non-hydrogen) atoms. The molecule has 0 aliphatic carbocycles.